The second kappa shape index (κ2) is 8.11. The van der Waals surface area contributed by atoms with E-state index in [1.54, 1.807) is 17.8 Å². The van der Waals surface area contributed by atoms with E-state index in [0.717, 1.165) is 30.7 Å². The first-order valence-electron chi connectivity index (χ1n) is 5.87. The minimum absolute atomic E-state index is 0.111. The quantitative estimate of drug-likeness (QED) is 0.800. The SMILES string of the molecule is CCCNC(CCSC)c1cccc(Br)c1F. The zero-order valence-electron chi connectivity index (χ0n) is 10.3. The number of hydrogen-bond donors (Lipinski definition) is 1. The first kappa shape index (κ1) is 15.0. The van der Waals surface area contributed by atoms with Crippen molar-refractivity contribution in [1.29, 1.82) is 0 Å². The van der Waals surface area contributed by atoms with E-state index >= 15 is 0 Å². The van der Waals surface area contributed by atoms with Crippen LogP contribution in [0.25, 0.3) is 0 Å². The highest BCUT2D eigenvalue weighted by molar-refractivity contribution is 9.10. The van der Waals surface area contributed by atoms with Gasteiger partial charge in [0, 0.05) is 11.6 Å². The Kier molecular flexibility index (Phi) is 7.16. The van der Waals surface area contributed by atoms with Crippen LogP contribution in [0.2, 0.25) is 0 Å². The molecule has 0 aliphatic carbocycles. The van der Waals surface area contributed by atoms with Crippen LogP contribution in [-0.2, 0) is 0 Å². The third-order valence-electron chi connectivity index (χ3n) is 2.61. The first-order chi connectivity index (χ1) is 8.20. The zero-order chi connectivity index (χ0) is 12.7. The number of nitrogens with one attached hydrogen (secondary N) is 1. The van der Waals surface area contributed by atoms with E-state index in [9.17, 15) is 4.39 Å². The third kappa shape index (κ3) is 4.60. The zero-order valence-corrected chi connectivity index (χ0v) is 12.7. The fourth-order valence-corrected chi connectivity index (χ4v) is 2.56. The molecule has 0 saturated heterocycles. The molecule has 0 heterocycles. The highest BCUT2D eigenvalue weighted by Gasteiger charge is 2.16. The lowest BCUT2D eigenvalue weighted by molar-refractivity contribution is 0.489. The van der Waals surface area contributed by atoms with Crippen molar-refractivity contribution in [2.75, 3.05) is 18.6 Å². The predicted molar refractivity (Wildman–Crippen MR) is 78.1 cm³/mol. The predicted octanol–water partition coefficient (Wildman–Crippen LogP) is 4.38. The second-order valence-corrected chi connectivity index (χ2v) is 5.77. The number of halogens is 2. The van der Waals surface area contributed by atoms with Crippen LogP contribution in [0, 0.1) is 5.82 Å². The molecule has 96 valence electrons. The summed E-state index contributed by atoms with van der Waals surface area (Å²) in [4.78, 5) is 0. The lowest BCUT2D eigenvalue weighted by Gasteiger charge is -2.19. The van der Waals surface area contributed by atoms with E-state index < -0.39 is 0 Å². The Morgan fingerprint density at radius 2 is 2.24 bits per heavy atom. The van der Waals surface area contributed by atoms with Crippen molar-refractivity contribution < 1.29 is 4.39 Å². The van der Waals surface area contributed by atoms with Gasteiger partial charge in [-0.3, -0.25) is 0 Å². The van der Waals surface area contributed by atoms with Gasteiger partial charge < -0.3 is 5.32 Å². The number of rotatable bonds is 7. The Morgan fingerprint density at radius 1 is 1.47 bits per heavy atom. The van der Waals surface area contributed by atoms with Crippen molar-refractivity contribution in [1.82, 2.24) is 5.32 Å². The van der Waals surface area contributed by atoms with Crippen LogP contribution in [0.1, 0.15) is 31.4 Å². The molecule has 1 N–H and O–H groups in total. The van der Waals surface area contributed by atoms with E-state index in [1.807, 2.05) is 12.1 Å². The molecule has 1 atom stereocenters. The highest BCUT2D eigenvalue weighted by atomic mass is 79.9. The average Bonchev–Trinajstić information content (AvgIpc) is 2.34. The van der Waals surface area contributed by atoms with Gasteiger partial charge >= 0.3 is 0 Å². The summed E-state index contributed by atoms with van der Waals surface area (Å²) in [5.74, 6) is 0.898. The molecule has 0 radical (unpaired) electrons. The Morgan fingerprint density at radius 3 is 2.88 bits per heavy atom. The van der Waals surface area contributed by atoms with Crippen molar-refractivity contribution in [2.45, 2.75) is 25.8 Å². The minimum atomic E-state index is -0.137. The molecule has 4 heteroatoms. The summed E-state index contributed by atoms with van der Waals surface area (Å²) in [5, 5.41) is 3.41. The molecule has 1 aromatic rings. The van der Waals surface area contributed by atoms with Crippen molar-refractivity contribution in [3.8, 4) is 0 Å². The number of thioether (sulfide) groups is 1. The molecular formula is C13H19BrFNS. The normalized spacial score (nSPS) is 12.7. The van der Waals surface area contributed by atoms with Crippen LogP contribution in [0.3, 0.4) is 0 Å². The number of benzene rings is 1. The molecule has 0 amide bonds. The second-order valence-electron chi connectivity index (χ2n) is 3.93. The average molecular weight is 320 g/mol. The van der Waals surface area contributed by atoms with Crippen molar-refractivity contribution in [3.63, 3.8) is 0 Å². The summed E-state index contributed by atoms with van der Waals surface area (Å²) in [7, 11) is 0. The molecule has 0 aliphatic rings. The number of hydrogen-bond acceptors (Lipinski definition) is 2. The summed E-state index contributed by atoms with van der Waals surface area (Å²) < 4.78 is 14.6. The molecule has 0 bridgehead atoms. The Hall–Kier alpha value is -0.0600. The van der Waals surface area contributed by atoms with Crippen molar-refractivity contribution in [3.05, 3.63) is 34.1 Å². The van der Waals surface area contributed by atoms with Crippen molar-refractivity contribution >= 4 is 27.7 Å². The summed E-state index contributed by atoms with van der Waals surface area (Å²) in [5.41, 5.74) is 0.766. The van der Waals surface area contributed by atoms with Gasteiger partial charge in [0.05, 0.1) is 4.47 Å². The van der Waals surface area contributed by atoms with Crippen LogP contribution in [0.4, 0.5) is 4.39 Å². The van der Waals surface area contributed by atoms with Crippen LogP contribution < -0.4 is 5.32 Å². The molecule has 0 spiro atoms. The van der Waals surface area contributed by atoms with E-state index in [1.165, 1.54) is 0 Å². The fourth-order valence-electron chi connectivity index (χ4n) is 1.71. The minimum Gasteiger partial charge on any atom is -0.310 e. The molecule has 0 aliphatic heterocycles. The van der Waals surface area contributed by atoms with Gasteiger partial charge in [0.25, 0.3) is 0 Å². The molecule has 1 rings (SSSR count). The third-order valence-corrected chi connectivity index (χ3v) is 3.86. The van der Waals surface area contributed by atoms with Gasteiger partial charge in [-0.05, 0) is 53.4 Å². The Labute approximate surface area is 116 Å². The molecular weight excluding hydrogens is 301 g/mol. The van der Waals surface area contributed by atoms with Crippen LogP contribution in [0.5, 0.6) is 0 Å². The summed E-state index contributed by atoms with van der Waals surface area (Å²) >= 11 is 5.04. The summed E-state index contributed by atoms with van der Waals surface area (Å²) in [6.07, 6.45) is 4.09. The molecule has 0 fully saturated rings. The van der Waals surface area contributed by atoms with E-state index in [2.05, 4.69) is 34.4 Å². The Bertz CT molecular complexity index is 338. The lowest BCUT2D eigenvalue weighted by Crippen LogP contribution is -2.23. The van der Waals surface area contributed by atoms with Crippen LogP contribution in [-0.4, -0.2) is 18.6 Å². The van der Waals surface area contributed by atoms with Gasteiger partial charge in [0.15, 0.2) is 0 Å². The topological polar surface area (TPSA) is 12.0 Å². The molecule has 0 aromatic heterocycles. The van der Waals surface area contributed by atoms with Crippen molar-refractivity contribution in [2.24, 2.45) is 0 Å². The molecule has 1 nitrogen and oxygen atoms in total. The molecule has 1 unspecified atom stereocenters. The molecule has 1 aromatic carbocycles. The maximum atomic E-state index is 14.0. The maximum absolute atomic E-state index is 14.0. The monoisotopic (exact) mass is 319 g/mol. The fraction of sp³-hybridized carbons (Fsp3) is 0.538. The van der Waals surface area contributed by atoms with Gasteiger partial charge in [0.2, 0.25) is 0 Å². The summed E-state index contributed by atoms with van der Waals surface area (Å²) in [6.45, 7) is 3.04. The van der Waals surface area contributed by atoms with Gasteiger partial charge in [-0.1, -0.05) is 19.1 Å². The largest absolute Gasteiger partial charge is 0.310 e. The van der Waals surface area contributed by atoms with E-state index in [-0.39, 0.29) is 11.9 Å². The highest BCUT2D eigenvalue weighted by Crippen LogP contribution is 2.26. The first-order valence-corrected chi connectivity index (χ1v) is 8.05. The van der Waals surface area contributed by atoms with E-state index in [4.69, 9.17) is 0 Å². The Balaban J connectivity index is 2.83. The van der Waals surface area contributed by atoms with Gasteiger partial charge in [-0.2, -0.15) is 11.8 Å². The van der Waals surface area contributed by atoms with Gasteiger partial charge in [-0.15, -0.1) is 0 Å². The molecule has 17 heavy (non-hydrogen) atoms. The standard InChI is InChI=1S/C13H19BrFNS/c1-3-8-16-12(7-9-17-2)10-5-4-6-11(14)13(10)15/h4-6,12,16H,3,7-9H2,1-2H3. The van der Waals surface area contributed by atoms with Crippen LogP contribution >= 0.6 is 27.7 Å². The van der Waals surface area contributed by atoms with Gasteiger partial charge in [0.1, 0.15) is 5.82 Å². The summed E-state index contributed by atoms with van der Waals surface area (Å²) in [6, 6.07) is 5.61. The van der Waals surface area contributed by atoms with Gasteiger partial charge in [-0.25, -0.2) is 4.39 Å². The lowest BCUT2D eigenvalue weighted by atomic mass is 10.0. The molecule has 0 saturated carbocycles. The van der Waals surface area contributed by atoms with E-state index in [0.29, 0.717) is 4.47 Å². The van der Waals surface area contributed by atoms with Crippen LogP contribution in [0.15, 0.2) is 22.7 Å². The smallest absolute Gasteiger partial charge is 0.142 e. The maximum Gasteiger partial charge on any atom is 0.142 e.